The molecule has 0 aliphatic carbocycles. The molecule has 2 rings (SSSR count). The van der Waals surface area contributed by atoms with Gasteiger partial charge in [0.15, 0.2) is 5.13 Å². The summed E-state index contributed by atoms with van der Waals surface area (Å²) in [6, 6.07) is -0.0425. The Hall–Kier alpha value is -1.14. The molecule has 0 saturated carbocycles. The molecule has 1 saturated heterocycles. The summed E-state index contributed by atoms with van der Waals surface area (Å²) < 4.78 is 5.44. The highest BCUT2D eigenvalue weighted by Gasteiger charge is 2.26. The molecule has 0 bridgehead atoms. The number of hydrogen-bond donors (Lipinski definition) is 1. The zero-order valence-electron chi connectivity index (χ0n) is 13.1. The number of likely N-dealkylation sites (tertiary alicyclic amines) is 1. The number of hydrogen-bond acceptors (Lipinski definition) is 4. The van der Waals surface area contributed by atoms with Crippen molar-refractivity contribution in [1.82, 2.24) is 9.88 Å². The van der Waals surface area contributed by atoms with Gasteiger partial charge in [0.25, 0.3) is 0 Å². The fraction of sp³-hybridized carbons (Fsp3) is 0.733. The van der Waals surface area contributed by atoms with E-state index in [-0.39, 0.29) is 6.03 Å². The van der Waals surface area contributed by atoms with Gasteiger partial charge in [0.1, 0.15) is 0 Å². The Kier molecular flexibility index (Phi) is 5.99. The van der Waals surface area contributed by atoms with Crippen molar-refractivity contribution >= 4 is 22.5 Å². The van der Waals surface area contributed by atoms with Gasteiger partial charge in [-0.25, -0.2) is 9.78 Å². The van der Waals surface area contributed by atoms with Gasteiger partial charge in [-0.15, -0.1) is 11.3 Å². The van der Waals surface area contributed by atoms with E-state index in [9.17, 15) is 4.79 Å². The lowest BCUT2D eigenvalue weighted by molar-refractivity contribution is 0.113. The van der Waals surface area contributed by atoms with E-state index in [1.807, 2.05) is 17.2 Å². The van der Waals surface area contributed by atoms with E-state index in [2.05, 4.69) is 24.1 Å². The Bertz CT molecular complexity index is 464. The van der Waals surface area contributed by atoms with Gasteiger partial charge >= 0.3 is 6.03 Å². The summed E-state index contributed by atoms with van der Waals surface area (Å²) in [5, 5.41) is 5.64. The van der Waals surface area contributed by atoms with Crippen LogP contribution in [-0.2, 0) is 4.74 Å². The van der Waals surface area contributed by atoms with Crippen LogP contribution in [0.15, 0.2) is 5.38 Å². The first-order valence-corrected chi connectivity index (χ1v) is 8.61. The summed E-state index contributed by atoms with van der Waals surface area (Å²) in [6.45, 7) is 9.35. The van der Waals surface area contributed by atoms with Crippen LogP contribution < -0.4 is 5.32 Å². The Morgan fingerprint density at radius 3 is 3.14 bits per heavy atom. The summed E-state index contributed by atoms with van der Waals surface area (Å²) in [4.78, 5) is 18.6. The third kappa shape index (κ3) is 4.41. The van der Waals surface area contributed by atoms with Crippen molar-refractivity contribution in [3.8, 4) is 0 Å². The fourth-order valence-corrected chi connectivity index (χ4v) is 3.21. The fourth-order valence-electron chi connectivity index (χ4n) is 2.39. The van der Waals surface area contributed by atoms with Gasteiger partial charge in [-0.3, -0.25) is 5.32 Å². The molecule has 6 heteroatoms. The molecule has 118 valence electrons. The molecule has 1 aromatic heterocycles. The number of thiazole rings is 1. The molecule has 2 atom stereocenters. The van der Waals surface area contributed by atoms with Gasteiger partial charge in [0, 0.05) is 31.0 Å². The zero-order valence-corrected chi connectivity index (χ0v) is 13.9. The standard InChI is InChI=1S/C15H25N3O2S/c1-4-11(3)13-10-21-14(16-13)17-15(19)18-7-6-12(8-18)9-20-5-2/h10-12H,4-9H2,1-3H3,(H,16,17,19)/t11-,12-/m1/s1. The van der Waals surface area contributed by atoms with Crippen LogP contribution in [0.5, 0.6) is 0 Å². The maximum atomic E-state index is 12.2. The highest BCUT2D eigenvalue weighted by Crippen LogP contribution is 2.25. The van der Waals surface area contributed by atoms with E-state index in [0.29, 0.717) is 17.0 Å². The van der Waals surface area contributed by atoms with Crippen molar-refractivity contribution in [2.24, 2.45) is 5.92 Å². The predicted octanol–water partition coefficient (Wildman–Crippen LogP) is 3.55. The summed E-state index contributed by atoms with van der Waals surface area (Å²) in [5.41, 5.74) is 1.06. The van der Waals surface area contributed by atoms with Crippen LogP contribution >= 0.6 is 11.3 Å². The molecule has 1 fully saturated rings. The summed E-state index contributed by atoms with van der Waals surface area (Å²) >= 11 is 1.50. The largest absolute Gasteiger partial charge is 0.381 e. The number of aromatic nitrogens is 1. The molecular weight excluding hydrogens is 286 g/mol. The predicted molar refractivity (Wildman–Crippen MR) is 86.0 cm³/mol. The lowest BCUT2D eigenvalue weighted by Gasteiger charge is -2.16. The molecule has 0 aromatic carbocycles. The Labute approximate surface area is 130 Å². The van der Waals surface area contributed by atoms with Gasteiger partial charge in [-0.2, -0.15) is 0 Å². The molecule has 21 heavy (non-hydrogen) atoms. The Balaban J connectivity index is 1.83. The molecule has 2 heterocycles. The van der Waals surface area contributed by atoms with Crippen LogP contribution in [0.1, 0.15) is 45.2 Å². The summed E-state index contributed by atoms with van der Waals surface area (Å²) in [7, 11) is 0. The number of ether oxygens (including phenoxy) is 1. The number of rotatable bonds is 6. The van der Waals surface area contributed by atoms with Crippen LogP contribution in [0.3, 0.4) is 0 Å². The Morgan fingerprint density at radius 2 is 2.43 bits per heavy atom. The van der Waals surface area contributed by atoms with Crippen LogP contribution in [0.4, 0.5) is 9.93 Å². The normalized spacial score (nSPS) is 19.8. The van der Waals surface area contributed by atoms with E-state index in [1.165, 1.54) is 11.3 Å². The first kappa shape index (κ1) is 16.2. The molecular formula is C15H25N3O2S. The van der Waals surface area contributed by atoms with Crippen LogP contribution in [0.25, 0.3) is 0 Å². The molecule has 0 unspecified atom stereocenters. The van der Waals surface area contributed by atoms with Gasteiger partial charge < -0.3 is 9.64 Å². The van der Waals surface area contributed by atoms with E-state index in [1.54, 1.807) is 0 Å². The second-order valence-electron chi connectivity index (χ2n) is 5.58. The number of carbonyl (C=O) groups excluding carboxylic acids is 1. The van der Waals surface area contributed by atoms with Crippen molar-refractivity contribution in [3.63, 3.8) is 0 Å². The van der Waals surface area contributed by atoms with E-state index in [0.717, 1.165) is 44.8 Å². The molecule has 2 amide bonds. The second kappa shape index (κ2) is 7.75. The van der Waals surface area contributed by atoms with Crippen molar-refractivity contribution in [3.05, 3.63) is 11.1 Å². The third-order valence-electron chi connectivity index (χ3n) is 3.98. The minimum Gasteiger partial charge on any atom is -0.381 e. The topological polar surface area (TPSA) is 54.5 Å². The number of nitrogens with zero attached hydrogens (tertiary/aromatic N) is 2. The van der Waals surface area contributed by atoms with Crippen LogP contribution in [-0.4, -0.2) is 42.2 Å². The number of nitrogens with one attached hydrogen (secondary N) is 1. The minimum absolute atomic E-state index is 0.0425. The number of urea groups is 1. The molecule has 1 aromatic rings. The molecule has 5 nitrogen and oxygen atoms in total. The second-order valence-corrected chi connectivity index (χ2v) is 6.44. The van der Waals surface area contributed by atoms with Gasteiger partial charge in [-0.05, 0) is 25.7 Å². The maximum absolute atomic E-state index is 12.2. The van der Waals surface area contributed by atoms with Crippen molar-refractivity contribution in [1.29, 1.82) is 0 Å². The summed E-state index contributed by atoms with van der Waals surface area (Å²) in [6.07, 6.45) is 2.08. The molecule has 1 aliphatic rings. The average molecular weight is 311 g/mol. The van der Waals surface area contributed by atoms with Crippen LogP contribution in [0.2, 0.25) is 0 Å². The maximum Gasteiger partial charge on any atom is 0.323 e. The van der Waals surface area contributed by atoms with Crippen molar-refractivity contribution in [2.75, 3.05) is 31.6 Å². The number of carbonyl (C=O) groups is 1. The first-order valence-electron chi connectivity index (χ1n) is 7.73. The number of anilines is 1. The smallest absolute Gasteiger partial charge is 0.323 e. The van der Waals surface area contributed by atoms with E-state index < -0.39 is 0 Å². The van der Waals surface area contributed by atoms with E-state index >= 15 is 0 Å². The summed E-state index contributed by atoms with van der Waals surface area (Å²) in [5.74, 6) is 0.900. The monoisotopic (exact) mass is 311 g/mol. The third-order valence-corrected chi connectivity index (χ3v) is 4.76. The quantitative estimate of drug-likeness (QED) is 0.874. The molecule has 1 N–H and O–H groups in total. The SMILES string of the molecule is CCOC[C@@H]1CCN(C(=O)Nc2nc([C@H](C)CC)cs2)C1. The lowest BCUT2D eigenvalue weighted by Crippen LogP contribution is -2.33. The highest BCUT2D eigenvalue weighted by molar-refractivity contribution is 7.13. The lowest BCUT2D eigenvalue weighted by atomic mass is 10.1. The van der Waals surface area contributed by atoms with Crippen molar-refractivity contribution < 1.29 is 9.53 Å². The highest BCUT2D eigenvalue weighted by atomic mass is 32.1. The molecule has 1 aliphatic heterocycles. The van der Waals surface area contributed by atoms with Gasteiger partial charge in [-0.1, -0.05) is 13.8 Å². The van der Waals surface area contributed by atoms with Gasteiger partial charge in [0.2, 0.25) is 0 Å². The molecule has 0 spiro atoms. The molecule has 0 radical (unpaired) electrons. The first-order chi connectivity index (χ1) is 10.1. The number of amides is 2. The average Bonchev–Trinajstić information content (AvgIpc) is 3.13. The van der Waals surface area contributed by atoms with Crippen molar-refractivity contribution in [2.45, 2.75) is 39.5 Å². The van der Waals surface area contributed by atoms with Gasteiger partial charge in [0.05, 0.1) is 12.3 Å². The minimum atomic E-state index is -0.0425. The van der Waals surface area contributed by atoms with Crippen LogP contribution in [0, 0.1) is 5.92 Å². The zero-order chi connectivity index (χ0) is 15.2. The Morgan fingerprint density at radius 1 is 1.62 bits per heavy atom. The van der Waals surface area contributed by atoms with E-state index in [4.69, 9.17) is 4.74 Å².